The van der Waals surface area contributed by atoms with E-state index in [1.807, 2.05) is 0 Å². The molecule has 0 spiro atoms. The van der Waals surface area contributed by atoms with Gasteiger partial charge in [-0.25, -0.2) is 28.8 Å². The Labute approximate surface area is 594 Å². The Morgan fingerprint density at radius 2 is 0.596 bits per heavy atom. The maximum Gasteiger partial charge on any atom is 0.430 e. The van der Waals surface area contributed by atoms with Crippen LogP contribution in [0.1, 0.15) is 55.2 Å². The van der Waals surface area contributed by atoms with Gasteiger partial charge in [0.2, 0.25) is 0 Å². The summed E-state index contributed by atoms with van der Waals surface area (Å²) in [6.45, 7) is 1.46. The number of nitrogens with two attached hydrogens (primary N) is 4. The van der Waals surface area contributed by atoms with Gasteiger partial charge in [0.25, 0.3) is 33.9 Å². The molecular weight excluding hydrogens is 1440 g/mol. The number of hydrogen-bond acceptors (Lipinski definition) is 26. The standard InChI is InChI=1S/2C16H18F3NO5.C10H8ClF3O2.2C6H11NO3.2C5H9NO3/c2*1-23-13(21)12-8-11(9-25-12)20-14(22)15(24-2,16(17,18)19)10-6-4-3-5-7-10;1-16-9(8(11)15,10(12,13)14)7-5-3-2-4-6-7;2*1-9-6(8)5-2-4(7)3-10-5;2*6-3-1-4(5(7)8)9-2-3/h2*3-7,11-12H,8-9H2,1-2H3,(H,20,22);2-6H,1H3;2*4-5H,2-3,7H2,1H3;2*3-4H,1-2,6H2,(H,7,8)/t11-,12-,15+;11-,12-,15-;9-;2*4-,5-;2*3-,4-/m0111010/s1. The minimum atomic E-state index is -4.99. The number of methoxy groups -OCH3 is 7. The summed E-state index contributed by atoms with van der Waals surface area (Å²) in [4.78, 5) is 101. The Hall–Kier alpha value is -7.77. The zero-order chi connectivity index (χ0) is 78.6. The van der Waals surface area contributed by atoms with Crippen molar-refractivity contribution in [2.24, 2.45) is 22.9 Å². The number of carbonyl (C=O) groups excluding carboxylic acids is 7. The van der Waals surface area contributed by atoms with Crippen LogP contribution in [0.15, 0.2) is 91.0 Å². The number of carboxylic acid groups (broad SMARTS) is 2. The molecule has 12 N–H and O–H groups in total. The summed E-state index contributed by atoms with van der Waals surface area (Å²) in [6.07, 6.45) is -16.9. The molecular formula is C64H84ClF9N6O24. The molecule has 0 aromatic heterocycles. The van der Waals surface area contributed by atoms with Crippen LogP contribution in [0.4, 0.5) is 39.5 Å². The SMILES string of the molecule is COC(=O)[C@@H]1C[C@H](N)CO1.COC(=O)[C@@H]1C[C@H](NC(=O)[C@](OC)(c2ccccc2)C(F)(F)F)CO1.COC(=O)[C@H]1C[C@@H](N)CO1.COC(=O)[C@H]1C[C@@H](NC(=O)[C@](OC)(c2ccccc2)C(F)(F)F)CO1.CO[C@@](C(=O)Cl)(c1ccccc1)C(F)(F)F.N[C@@H]1CO[C@H](C(=O)O)C1.N[C@H]1CO[C@@H](C(=O)O)C1. The first-order valence-corrected chi connectivity index (χ1v) is 31.5. The van der Waals surface area contributed by atoms with Gasteiger partial charge in [-0.3, -0.25) is 14.4 Å². The van der Waals surface area contributed by atoms with Crippen LogP contribution in [0, 0.1) is 0 Å². The van der Waals surface area contributed by atoms with Gasteiger partial charge in [0, 0.05) is 101 Å². The van der Waals surface area contributed by atoms with Crippen LogP contribution < -0.4 is 33.6 Å². The Morgan fingerprint density at radius 3 is 0.779 bits per heavy atom. The number of ether oxygens (including phenoxy) is 13. The van der Waals surface area contributed by atoms with Crippen molar-refractivity contribution in [1.29, 1.82) is 0 Å². The minimum absolute atomic E-state index is 0.0101. The van der Waals surface area contributed by atoms with E-state index in [1.165, 1.54) is 107 Å². The number of esters is 4. The number of benzene rings is 3. The van der Waals surface area contributed by atoms with E-state index in [9.17, 15) is 82.7 Å². The molecule has 0 bridgehead atoms. The molecule has 6 fully saturated rings. The zero-order valence-electron chi connectivity index (χ0n) is 57.0. The summed E-state index contributed by atoms with van der Waals surface area (Å²) in [5.74, 6) is -6.50. The van der Waals surface area contributed by atoms with Crippen molar-refractivity contribution in [3.05, 3.63) is 108 Å². The molecule has 2 amide bonds. The predicted molar refractivity (Wildman–Crippen MR) is 340 cm³/mol. The number of hydrogen-bond donors (Lipinski definition) is 8. The smallest absolute Gasteiger partial charge is 0.430 e. The Balaban J connectivity index is 0.000000329. The fourth-order valence-corrected chi connectivity index (χ4v) is 10.7. The van der Waals surface area contributed by atoms with Crippen molar-refractivity contribution in [2.75, 3.05) is 89.4 Å². The third kappa shape index (κ3) is 24.7. The number of alkyl halides is 9. The van der Waals surface area contributed by atoms with Crippen LogP contribution in [0.3, 0.4) is 0 Å². The molecule has 3 aromatic carbocycles. The average molecular weight is 1530 g/mol. The Morgan fingerprint density at radius 1 is 0.375 bits per heavy atom. The van der Waals surface area contributed by atoms with Crippen LogP contribution >= 0.6 is 11.6 Å². The number of nitrogens with one attached hydrogen (secondary N) is 2. The number of amides is 2. The highest BCUT2D eigenvalue weighted by Gasteiger charge is 2.65. The molecule has 0 saturated carbocycles. The number of rotatable bonds is 17. The van der Waals surface area contributed by atoms with Crippen molar-refractivity contribution >= 4 is 64.5 Å². The number of halogens is 10. The van der Waals surface area contributed by atoms with E-state index in [2.05, 4.69) is 43.8 Å². The van der Waals surface area contributed by atoms with Crippen LogP contribution in [0.5, 0.6) is 0 Å². The molecule has 6 aliphatic heterocycles. The first-order chi connectivity index (χ1) is 48.7. The quantitative estimate of drug-likeness (QED) is 0.0417. The fraction of sp³-hybridized carbons (Fsp3) is 0.578. The lowest BCUT2D eigenvalue weighted by atomic mass is 9.91. The Kier molecular flexibility index (Phi) is 36.4. The maximum absolute atomic E-state index is 13.8. The predicted octanol–water partition coefficient (Wildman–Crippen LogP) is 2.86. The second-order valence-corrected chi connectivity index (χ2v) is 23.4. The van der Waals surface area contributed by atoms with E-state index >= 15 is 0 Å². The topological polar surface area (TPSA) is 442 Å². The fourth-order valence-electron chi connectivity index (χ4n) is 10.4. The second-order valence-electron chi connectivity index (χ2n) is 23.0. The van der Waals surface area contributed by atoms with Gasteiger partial charge in [0.15, 0.2) is 36.6 Å². The highest BCUT2D eigenvalue weighted by atomic mass is 35.5. The molecule has 0 radical (unpaired) electrons. The van der Waals surface area contributed by atoms with Gasteiger partial charge in [-0.05, 0) is 11.6 Å². The summed E-state index contributed by atoms with van der Waals surface area (Å²) < 4.78 is 183. The molecule has 104 heavy (non-hydrogen) atoms. The number of aliphatic carboxylic acids is 2. The summed E-state index contributed by atoms with van der Waals surface area (Å²) in [7, 11) is 7.47. The summed E-state index contributed by atoms with van der Waals surface area (Å²) in [5, 5.41) is 19.6. The summed E-state index contributed by atoms with van der Waals surface area (Å²) >= 11 is 5.04. The van der Waals surface area contributed by atoms with Gasteiger partial charge in [-0.2, -0.15) is 39.5 Å². The van der Waals surface area contributed by atoms with Crippen LogP contribution in [-0.4, -0.2) is 244 Å². The van der Waals surface area contributed by atoms with Gasteiger partial charge < -0.3 is 105 Å². The molecule has 3 aromatic rings. The van der Waals surface area contributed by atoms with E-state index < -0.39 is 125 Å². The Bertz CT molecular complexity index is 3060. The van der Waals surface area contributed by atoms with Gasteiger partial charge in [-0.15, -0.1) is 0 Å². The maximum atomic E-state index is 13.8. The minimum Gasteiger partial charge on any atom is -0.479 e. The van der Waals surface area contributed by atoms with Gasteiger partial charge in [-0.1, -0.05) is 91.0 Å². The van der Waals surface area contributed by atoms with E-state index in [0.717, 1.165) is 33.5 Å². The molecule has 6 heterocycles. The van der Waals surface area contributed by atoms with Crippen molar-refractivity contribution in [2.45, 2.75) is 147 Å². The van der Waals surface area contributed by atoms with Crippen LogP contribution in [0.2, 0.25) is 0 Å². The average Bonchev–Trinajstić information content (AvgIpc) is 0.795. The molecule has 9 rings (SSSR count). The first kappa shape index (κ1) is 90.4. The van der Waals surface area contributed by atoms with Gasteiger partial charge >= 0.3 is 54.3 Å². The van der Waals surface area contributed by atoms with Crippen molar-refractivity contribution in [3.63, 3.8) is 0 Å². The lowest BCUT2D eigenvalue weighted by Crippen LogP contribution is -2.57. The molecule has 584 valence electrons. The van der Waals surface area contributed by atoms with Crippen molar-refractivity contribution in [1.82, 2.24) is 10.6 Å². The number of carboxylic acids is 2. The normalized spacial score (nSPS) is 25.6. The lowest BCUT2D eigenvalue weighted by Gasteiger charge is -2.34. The molecule has 0 aliphatic carbocycles. The summed E-state index contributed by atoms with van der Waals surface area (Å²) in [6, 6.07) is 18.1. The van der Waals surface area contributed by atoms with Crippen molar-refractivity contribution < 1.29 is 154 Å². The molecule has 15 atom stereocenters. The van der Waals surface area contributed by atoms with E-state index in [1.54, 1.807) is 0 Å². The third-order valence-electron chi connectivity index (χ3n) is 15.8. The van der Waals surface area contributed by atoms with E-state index in [4.69, 9.17) is 73.2 Å². The van der Waals surface area contributed by atoms with Crippen LogP contribution in [0.25, 0.3) is 0 Å². The highest BCUT2D eigenvalue weighted by molar-refractivity contribution is 6.65. The first-order valence-electron chi connectivity index (χ1n) is 31.1. The van der Waals surface area contributed by atoms with Gasteiger partial charge in [0.1, 0.15) is 0 Å². The monoisotopic (exact) mass is 1530 g/mol. The van der Waals surface area contributed by atoms with Crippen molar-refractivity contribution in [3.8, 4) is 0 Å². The third-order valence-corrected chi connectivity index (χ3v) is 16.0. The van der Waals surface area contributed by atoms with Crippen LogP contribution in [-0.2, 0) is 122 Å². The molecule has 40 heteroatoms. The molecule has 6 saturated heterocycles. The molecule has 0 unspecified atom stereocenters. The lowest BCUT2D eigenvalue weighted by molar-refractivity contribution is -0.266. The molecule has 30 nitrogen and oxygen atoms in total. The largest absolute Gasteiger partial charge is 0.479 e. The van der Waals surface area contributed by atoms with Gasteiger partial charge in [0.05, 0.1) is 80.2 Å². The molecule has 6 aliphatic rings. The van der Waals surface area contributed by atoms with E-state index in [-0.39, 0.29) is 78.9 Å². The van der Waals surface area contributed by atoms with E-state index in [0.29, 0.717) is 52.1 Å². The number of carbonyl (C=O) groups is 9. The summed E-state index contributed by atoms with van der Waals surface area (Å²) in [5.41, 5.74) is 11.3. The zero-order valence-corrected chi connectivity index (χ0v) is 57.8. The highest BCUT2D eigenvalue weighted by Crippen LogP contribution is 2.45. The second kappa shape index (κ2) is 41.8.